The Balaban J connectivity index is 1.88. The zero-order valence-corrected chi connectivity index (χ0v) is 10.4. The molecule has 0 aromatic carbocycles. The zero-order chi connectivity index (χ0) is 11.4. The van der Waals surface area contributed by atoms with Crippen molar-refractivity contribution < 1.29 is 0 Å². The molecule has 0 amide bonds. The Morgan fingerprint density at radius 3 is 2.81 bits per heavy atom. The quantitative estimate of drug-likeness (QED) is 0.847. The van der Waals surface area contributed by atoms with E-state index in [2.05, 4.69) is 30.5 Å². The second kappa shape index (κ2) is 5.48. The van der Waals surface area contributed by atoms with Crippen LogP contribution in [0.3, 0.4) is 0 Å². The molecule has 0 spiro atoms. The van der Waals surface area contributed by atoms with Crippen LogP contribution < -0.4 is 5.32 Å². The highest BCUT2D eigenvalue weighted by atomic mass is 15.3. The van der Waals surface area contributed by atoms with E-state index in [4.69, 9.17) is 0 Å². The normalized spacial score (nSPS) is 19.9. The van der Waals surface area contributed by atoms with Crippen LogP contribution in [0.25, 0.3) is 0 Å². The van der Waals surface area contributed by atoms with Crippen LogP contribution >= 0.6 is 0 Å². The van der Waals surface area contributed by atoms with E-state index in [1.807, 2.05) is 10.9 Å². The molecule has 1 N–H and O–H groups in total. The largest absolute Gasteiger partial charge is 0.307 e. The van der Waals surface area contributed by atoms with Crippen LogP contribution in [0.5, 0.6) is 0 Å². The number of hydrogen-bond donors (Lipinski definition) is 1. The summed E-state index contributed by atoms with van der Waals surface area (Å²) in [5, 5.41) is 8.04. The number of aromatic nitrogens is 2. The third-order valence-electron chi connectivity index (χ3n) is 3.57. The standard InChI is InChI=1S/C13H23N3/c1-3-16-10-12(9-14-16)11(2)15-13-7-5-4-6-8-13/h9-11,13,15H,3-8H2,1-2H3. The van der Waals surface area contributed by atoms with Gasteiger partial charge in [-0.2, -0.15) is 5.10 Å². The van der Waals surface area contributed by atoms with Crippen molar-refractivity contribution in [2.45, 2.75) is 64.6 Å². The van der Waals surface area contributed by atoms with Gasteiger partial charge in [0.15, 0.2) is 0 Å². The number of nitrogens with zero attached hydrogens (tertiary/aromatic N) is 2. The fourth-order valence-corrected chi connectivity index (χ4v) is 2.50. The summed E-state index contributed by atoms with van der Waals surface area (Å²) in [5.74, 6) is 0. The molecular weight excluding hydrogens is 198 g/mol. The molecule has 90 valence electrons. The Labute approximate surface area is 98.2 Å². The number of aryl methyl sites for hydroxylation is 1. The summed E-state index contributed by atoms with van der Waals surface area (Å²) in [5.41, 5.74) is 1.31. The SMILES string of the molecule is CCn1cc(C(C)NC2CCCCC2)cn1. The predicted molar refractivity (Wildman–Crippen MR) is 66.3 cm³/mol. The lowest BCUT2D eigenvalue weighted by Crippen LogP contribution is -2.33. The van der Waals surface area contributed by atoms with Gasteiger partial charge < -0.3 is 5.32 Å². The summed E-state index contributed by atoms with van der Waals surface area (Å²) >= 11 is 0. The summed E-state index contributed by atoms with van der Waals surface area (Å²) < 4.78 is 1.99. The maximum Gasteiger partial charge on any atom is 0.0537 e. The van der Waals surface area contributed by atoms with E-state index in [-0.39, 0.29) is 0 Å². The van der Waals surface area contributed by atoms with E-state index >= 15 is 0 Å². The molecule has 1 heterocycles. The van der Waals surface area contributed by atoms with E-state index in [9.17, 15) is 0 Å². The highest BCUT2D eigenvalue weighted by Gasteiger charge is 2.16. The average molecular weight is 221 g/mol. The monoisotopic (exact) mass is 221 g/mol. The molecule has 1 fully saturated rings. The molecule has 1 saturated carbocycles. The summed E-state index contributed by atoms with van der Waals surface area (Å²) in [7, 11) is 0. The molecule has 16 heavy (non-hydrogen) atoms. The maximum absolute atomic E-state index is 4.33. The van der Waals surface area contributed by atoms with Gasteiger partial charge in [-0.25, -0.2) is 0 Å². The smallest absolute Gasteiger partial charge is 0.0537 e. The van der Waals surface area contributed by atoms with Crippen molar-refractivity contribution in [3.8, 4) is 0 Å². The minimum atomic E-state index is 0.434. The molecule has 1 aliphatic carbocycles. The van der Waals surface area contributed by atoms with Crippen LogP contribution in [-0.2, 0) is 6.54 Å². The van der Waals surface area contributed by atoms with Gasteiger partial charge in [0.2, 0.25) is 0 Å². The molecule has 1 aromatic heterocycles. The molecule has 0 saturated heterocycles. The van der Waals surface area contributed by atoms with Crippen molar-refractivity contribution >= 4 is 0 Å². The van der Waals surface area contributed by atoms with Gasteiger partial charge in [-0.1, -0.05) is 19.3 Å². The number of hydrogen-bond acceptors (Lipinski definition) is 2. The molecule has 0 radical (unpaired) electrons. The first-order valence-corrected chi connectivity index (χ1v) is 6.58. The van der Waals surface area contributed by atoms with Gasteiger partial charge in [-0.15, -0.1) is 0 Å². The molecule has 1 unspecified atom stereocenters. The Hall–Kier alpha value is -0.830. The molecule has 1 aliphatic rings. The lowest BCUT2D eigenvalue weighted by Gasteiger charge is -2.26. The van der Waals surface area contributed by atoms with E-state index < -0.39 is 0 Å². The number of rotatable bonds is 4. The van der Waals surface area contributed by atoms with Gasteiger partial charge in [0.1, 0.15) is 0 Å². The van der Waals surface area contributed by atoms with Crippen LogP contribution in [0.15, 0.2) is 12.4 Å². The Kier molecular flexibility index (Phi) is 3.99. The van der Waals surface area contributed by atoms with Gasteiger partial charge in [-0.3, -0.25) is 4.68 Å². The minimum Gasteiger partial charge on any atom is -0.307 e. The van der Waals surface area contributed by atoms with Gasteiger partial charge in [0.25, 0.3) is 0 Å². The summed E-state index contributed by atoms with van der Waals surface area (Å²) in [6.07, 6.45) is 11.0. The van der Waals surface area contributed by atoms with Gasteiger partial charge in [0.05, 0.1) is 6.20 Å². The average Bonchev–Trinajstić information content (AvgIpc) is 2.79. The van der Waals surface area contributed by atoms with Crippen LogP contribution in [-0.4, -0.2) is 15.8 Å². The summed E-state index contributed by atoms with van der Waals surface area (Å²) in [4.78, 5) is 0. The second-order valence-corrected chi connectivity index (χ2v) is 4.85. The maximum atomic E-state index is 4.33. The Morgan fingerprint density at radius 2 is 2.19 bits per heavy atom. The first kappa shape index (κ1) is 11.6. The topological polar surface area (TPSA) is 29.9 Å². The fourth-order valence-electron chi connectivity index (χ4n) is 2.50. The highest BCUT2D eigenvalue weighted by Crippen LogP contribution is 2.21. The molecule has 3 nitrogen and oxygen atoms in total. The Morgan fingerprint density at radius 1 is 1.44 bits per heavy atom. The summed E-state index contributed by atoms with van der Waals surface area (Å²) in [6, 6.07) is 1.15. The molecule has 1 aromatic rings. The third kappa shape index (κ3) is 2.85. The molecule has 1 atom stereocenters. The van der Waals surface area contributed by atoms with E-state index in [1.165, 1.54) is 37.7 Å². The van der Waals surface area contributed by atoms with Crippen molar-refractivity contribution in [3.05, 3.63) is 18.0 Å². The van der Waals surface area contributed by atoms with Gasteiger partial charge >= 0.3 is 0 Å². The zero-order valence-electron chi connectivity index (χ0n) is 10.4. The van der Waals surface area contributed by atoms with Crippen molar-refractivity contribution in [2.75, 3.05) is 0 Å². The first-order valence-electron chi connectivity index (χ1n) is 6.58. The highest BCUT2D eigenvalue weighted by molar-refractivity contribution is 5.09. The fraction of sp³-hybridized carbons (Fsp3) is 0.769. The Bertz CT molecular complexity index is 313. The molecule has 2 rings (SSSR count). The van der Waals surface area contributed by atoms with Gasteiger partial charge in [-0.05, 0) is 26.7 Å². The van der Waals surface area contributed by atoms with Crippen LogP contribution in [0.4, 0.5) is 0 Å². The minimum absolute atomic E-state index is 0.434. The predicted octanol–water partition coefficient (Wildman–Crippen LogP) is 2.89. The molecule has 0 aliphatic heterocycles. The lowest BCUT2D eigenvalue weighted by molar-refractivity contribution is 0.347. The second-order valence-electron chi connectivity index (χ2n) is 4.85. The van der Waals surface area contributed by atoms with Crippen molar-refractivity contribution in [3.63, 3.8) is 0 Å². The van der Waals surface area contributed by atoms with E-state index in [0.717, 1.165) is 6.54 Å². The van der Waals surface area contributed by atoms with Crippen LogP contribution in [0.1, 0.15) is 57.6 Å². The van der Waals surface area contributed by atoms with Gasteiger partial charge in [0, 0.05) is 30.4 Å². The summed E-state index contributed by atoms with van der Waals surface area (Å²) in [6.45, 7) is 5.32. The van der Waals surface area contributed by atoms with Crippen LogP contribution in [0, 0.1) is 0 Å². The number of nitrogens with one attached hydrogen (secondary N) is 1. The van der Waals surface area contributed by atoms with Crippen molar-refractivity contribution in [1.29, 1.82) is 0 Å². The van der Waals surface area contributed by atoms with Crippen LogP contribution in [0.2, 0.25) is 0 Å². The molecular formula is C13H23N3. The van der Waals surface area contributed by atoms with E-state index in [1.54, 1.807) is 0 Å². The van der Waals surface area contributed by atoms with Crippen molar-refractivity contribution in [1.82, 2.24) is 15.1 Å². The third-order valence-corrected chi connectivity index (χ3v) is 3.57. The molecule has 3 heteroatoms. The van der Waals surface area contributed by atoms with E-state index in [0.29, 0.717) is 12.1 Å². The van der Waals surface area contributed by atoms with Crippen molar-refractivity contribution in [2.24, 2.45) is 0 Å². The molecule has 0 bridgehead atoms. The lowest BCUT2D eigenvalue weighted by atomic mass is 9.94. The first-order chi connectivity index (χ1) is 7.79.